The smallest absolute Gasteiger partial charge is 0.273 e. The van der Waals surface area contributed by atoms with Crippen molar-refractivity contribution in [3.8, 4) is 0 Å². The van der Waals surface area contributed by atoms with Crippen molar-refractivity contribution < 1.29 is 9.72 Å². The second kappa shape index (κ2) is 6.22. The van der Waals surface area contributed by atoms with Crippen molar-refractivity contribution in [1.29, 1.82) is 0 Å². The third-order valence-corrected chi connectivity index (χ3v) is 4.03. The predicted octanol–water partition coefficient (Wildman–Crippen LogP) is 2.02. The van der Waals surface area contributed by atoms with E-state index < -0.39 is 4.92 Å². The van der Waals surface area contributed by atoms with Crippen molar-refractivity contribution in [2.24, 2.45) is 5.41 Å². The number of piperidine rings is 1. The van der Waals surface area contributed by atoms with Gasteiger partial charge in [-0.1, -0.05) is 13.0 Å². The molecule has 1 atom stereocenters. The minimum atomic E-state index is -0.460. The van der Waals surface area contributed by atoms with Crippen LogP contribution in [0.25, 0.3) is 0 Å². The lowest BCUT2D eigenvalue weighted by Crippen LogP contribution is -2.45. The molecule has 1 amide bonds. The van der Waals surface area contributed by atoms with Gasteiger partial charge in [0, 0.05) is 30.3 Å². The molecule has 0 saturated carbocycles. The molecule has 1 aliphatic rings. The van der Waals surface area contributed by atoms with Crippen molar-refractivity contribution in [2.45, 2.75) is 26.7 Å². The Labute approximate surface area is 124 Å². The number of nitro benzene ring substituents is 1. The number of nitro groups is 1. The van der Waals surface area contributed by atoms with E-state index in [0.29, 0.717) is 17.7 Å². The first-order valence-electron chi connectivity index (χ1n) is 7.15. The van der Waals surface area contributed by atoms with Gasteiger partial charge in [0.2, 0.25) is 0 Å². The van der Waals surface area contributed by atoms with Crippen molar-refractivity contribution in [3.63, 3.8) is 0 Å². The molecule has 0 spiro atoms. The van der Waals surface area contributed by atoms with Gasteiger partial charge in [0.1, 0.15) is 0 Å². The van der Waals surface area contributed by atoms with E-state index in [9.17, 15) is 14.9 Å². The molecule has 1 aromatic carbocycles. The summed E-state index contributed by atoms with van der Waals surface area (Å²) in [5.74, 6) is -0.259. The Balaban J connectivity index is 2.03. The van der Waals surface area contributed by atoms with Crippen molar-refractivity contribution in [3.05, 3.63) is 39.4 Å². The van der Waals surface area contributed by atoms with E-state index in [1.807, 2.05) is 0 Å². The van der Waals surface area contributed by atoms with Crippen LogP contribution < -0.4 is 10.6 Å². The fourth-order valence-electron chi connectivity index (χ4n) is 2.61. The molecule has 21 heavy (non-hydrogen) atoms. The minimum Gasteiger partial charge on any atom is -0.351 e. The van der Waals surface area contributed by atoms with Gasteiger partial charge in [-0.3, -0.25) is 14.9 Å². The molecule has 1 aromatic rings. The third-order valence-electron chi connectivity index (χ3n) is 4.03. The van der Waals surface area contributed by atoms with Crippen LogP contribution in [0.15, 0.2) is 18.2 Å². The molecule has 1 fully saturated rings. The first kappa shape index (κ1) is 15.4. The Kier molecular flexibility index (Phi) is 4.57. The second-order valence-corrected chi connectivity index (χ2v) is 6.03. The number of aryl methyl sites for hydroxylation is 1. The summed E-state index contributed by atoms with van der Waals surface area (Å²) >= 11 is 0. The van der Waals surface area contributed by atoms with Crippen LogP contribution in [-0.2, 0) is 0 Å². The Morgan fingerprint density at radius 2 is 2.29 bits per heavy atom. The molecule has 1 aliphatic heterocycles. The summed E-state index contributed by atoms with van der Waals surface area (Å²) < 4.78 is 0. The lowest BCUT2D eigenvalue weighted by Gasteiger charge is -2.34. The maximum absolute atomic E-state index is 12.2. The maximum atomic E-state index is 12.2. The van der Waals surface area contributed by atoms with Crippen LogP contribution in [0, 0.1) is 22.5 Å². The topological polar surface area (TPSA) is 84.3 Å². The van der Waals surface area contributed by atoms with Crippen molar-refractivity contribution in [2.75, 3.05) is 19.6 Å². The highest BCUT2D eigenvalue weighted by molar-refractivity contribution is 5.95. The quantitative estimate of drug-likeness (QED) is 0.656. The Morgan fingerprint density at radius 1 is 1.52 bits per heavy atom. The van der Waals surface area contributed by atoms with Gasteiger partial charge in [0.15, 0.2) is 0 Å². The van der Waals surface area contributed by atoms with Crippen LogP contribution in [0.4, 0.5) is 5.69 Å². The summed E-state index contributed by atoms with van der Waals surface area (Å²) in [7, 11) is 0. The highest BCUT2D eigenvalue weighted by Crippen LogP contribution is 2.24. The number of nitrogens with one attached hydrogen (secondary N) is 2. The Hall–Kier alpha value is -1.95. The zero-order valence-electron chi connectivity index (χ0n) is 12.4. The van der Waals surface area contributed by atoms with Gasteiger partial charge < -0.3 is 10.6 Å². The molecule has 0 aromatic heterocycles. The number of carbonyl (C=O) groups excluding carboxylic acids is 1. The molecule has 1 saturated heterocycles. The zero-order chi connectivity index (χ0) is 15.5. The molecule has 1 heterocycles. The zero-order valence-corrected chi connectivity index (χ0v) is 12.4. The third kappa shape index (κ3) is 3.78. The fraction of sp³-hybridized carbons (Fsp3) is 0.533. The van der Waals surface area contributed by atoms with Gasteiger partial charge in [0.05, 0.1) is 4.92 Å². The Bertz CT molecular complexity index is 551. The number of rotatable bonds is 4. The van der Waals surface area contributed by atoms with E-state index >= 15 is 0 Å². The highest BCUT2D eigenvalue weighted by Gasteiger charge is 2.27. The van der Waals surface area contributed by atoms with Crippen LogP contribution in [0.2, 0.25) is 0 Å². The second-order valence-electron chi connectivity index (χ2n) is 6.03. The Morgan fingerprint density at radius 3 is 2.90 bits per heavy atom. The number of hydrogen-bond donors (Lipinski definition) is 2. The van der Waals surface area contributed by atoms with E-state index in [0.717, 1.165) is 25.9 Å². The van der Waals surface area contributed by atoms with Crippen LogP contribution in [0.3, 0.4) is 0 Å². The largest absolute Gasteiger partial charge is 0.351 e. The van der Waals surface area contributed by atoms with Crippen LogP contribution in [-0.4, -0.2) is 30.5 Å². The van der Waals surface area contributed by atoms with Crippen LogP contribution >= 0.6 is 0 Å². The molecule has 2 N–H and O–H groups in total. The van der Waals surface area contributed by atoms with Crippen LogP contribution in [0.1, 0.15) is 35.7 Å². The molecule has 114 valence electrons. The average Bonchev–Trinajstić information content (AvgIpc) is 2.46. The summed E-state index contributed by atoms with van der Waals surface area (Å²) in [5.41, 5.74) is 0.915. The molecular weight excluding hydrogens is 270 g/mol. The van der Waals surface area contributed by atoms with E-state index in [4.69, 9.17) is 0 Å². The normalized spacial score (nSPS) is 21.8. The van der Waals surface area contributed by atoms with E-state index in [-0.39, 0.29) is 17.0 Å². The summed E-state index contributed by atoms with van der Waals surface area (Å²) in [5, 5.41) is 17.1. The molecule has 1 unspecified atom stereocenters. The van der Waals surface area contributed by atoms with Gasteiger partial charge in [-0.25, -0.2) is 0 Å². The molecule has 2 rings (SSSR count). The van der Waals surface area contributed by atoms with E-state index in [2.05, 4.69) is 17.6 Å². The predicted molar refractivity (Wildman–Crippen MR) is 80.4 cm³/mol. The summed E-state index contributed by atoms with van der Waals surface area (Å²) in [6, 6.07) is 4.57. The number of amides is 1. The molecule has 0 aliphatic carbocycles. The summed E-state index contributed by atoms with van der Waals surface area (Å²) in [6.45, 7) is 6.26. The standard InChI is InChI=1S/C15H21N3O3/c1-11-4-5-12(8-13(11)18(20)21)14(19)17-10-15(2)6-3-7-16-9-15/h4-5,8,16H,3,6-7,9-10H2,1-2H3,(H,17,19). The fourth-order valence-corrected chi connectivity index (χ4v) is 2.61. The first-order valence-corrected chi connectivity index (χ1v) is 7.15. The summed E-state index contributed by atoms with van der Waals surface area (Å²) in [6.07, 6.45) is 2.16. The lowest BCUT2D eigenvalue weighted by molar-refractivity contribution is -0.385. The summed E-state index contributed by atoms with van der Waals surface area (Å²) in [4.78, 5) is 22.6. The minimum absolute atomic E-state index is 0.0202. The number of benzene rings is 1. The van der Waals surface area contributed by atoms with Gasteiger partial charge in [0.25, 0.3) is 11.6 Å². The first-order chi connectivity index (χ1) is 9.91. The lowest BCUT2D eigenvalue weighted by atomic mass is 9.83. The molecule has 0 bridgehead atoms. The van der Waals surface area contributed by atoms with Gasteiger partial charge >= 0.3 is 0 Å². The van der Waals surface area contributed by atoms with E-state index in [1.165, 1.54) is 6.07 Å². The monoisotopic (exact) mass is 291 g/mol. The number of hydrogen-bond acceptors (Lipinski definition) is 4. The number of carbonyl (C=O) groups is 1. The maximum Gasteiger partial charge on any atom is 0.273 e. The molecule has 6 nitrogen and oxygen atoms in total. The van der Waals surface area contributed by atoms with Crippen molar-refractivity contribution >= 4 is 11.6 Å². The van der Waals surface area contributed by atoms with Crippen molar-refractivity contribution in [1.82, 2.24) is 10.6 Å². The molecular formula is C15H21N3O3. The average molecular weight is 291 g/mol. The SMILES string of the molecule is Cc1ccc(C(=O)NCC2(C)CCCNC2)cc1[N+](=O)[O-]. The molecule has 6 heteroatoms. The highest BCUT2D eigenvalue weighted by atomic mass is 16.6. The van der Waals surface area contributed by atoms with Gasteiger partial charge in [-0.05, 0) is 37.8 Å². The van der Waals surface area contributed by atoms with Crippen LogP contribution in [0.5, 0.6) is 0 Å². The van der Waals surface area contributed by atoms with E-state index in [1.54, 1.807) is 19.1 Å². The van der Waals surface area contributed by atoms with Gasteiger partial charge in [-0.2, -0.15) is 0 Å². The molecule has 0 radical (unpaired) electrons. The van der Waals surface area contributed by atoms with Gasteiger partial charge in [-0.15, -0.1) is 0 Å². The number of nitrogens with zero attached hydrogens (tertiary/aromatic N) is 1.